The number of halogens is 1. The molecule has 10 nitrogen and oxygen atoms in total. The number of hydrogen-bond donors (Lipinski definition) is 1. The van der Waals surface area contributed by atoms with Crippen molar-refractivity contribution in [2.75, 3.05) is 0 Å². The molecule has 11 heteroatoms. The first-order chi connectivity index (χ1) is 18.1. The fourth-order valence-corrected chi connectivity index (χ4v) is 5.14. The molecule has 2 aliphatic carbocycles. The third kappa shape index (κ3) is 4.48. The van der Waals surface area contributed by atoms with Gasteiger partial charge in [0.1, 0.15) is 18.3 Å². The van der Waals surface area contributed by atoms with Gasteiger partial charge in [0.05, 0.1) is 30.7 Å². The van der Waals surface area contributed by atoms with Gasteiger partial charge in [-0.1, -0.05) is 28.9 Å². The standard InChI is InChI=1S/C26H24ClN9O/c27-19-3-1-2-17(6-19)22-8-23(22)26(37)28-9-20-12-36(33-32-20)13-21-11-34-10-18(16-4-5-16)7-24(25(34)31-21)35-14-29-30-15-35/h1-3,6-7,10-12,14-16,22-23H,4-5,8-9,13H2,(H,28,37)/t22-,23+/m1/s1. The maximum atomic E-state index is 12.6. The highest BCUT2D eigenvalue weighted by atomic mass is 35.5. The van der Waals surface area contributed by atoms with Gasteiger partial charge in [0.25, 0.3) is 0 Å². The Bertz CT molecular complexity index is 1600. The van der Waals surface area contributed by atoms with E-state index in [9.17, 15) is 4.79 Å². The fraction of sp³-hybridized carbons (Fsp3) is 0.308. The Kier molecular flexibility index (Phi) is 5.28. The lowest BCUT2D eigenvalue weighted by atomic mass is 10.1. The van der Waals surface area contributed by atoms with Crippen LogP contribution < -0.4 is 5.32 Å². The third-order valence-corrected chi connectivity index (χ3v) is 7.34. The molecule has 2 aliphatic rings. The van der Waals surface area contributed by atoms with Crippen LogP contribution in [0.2, 0.25) is 5.02 Å². The van der Waals surface area contributed by atoms with Crippen LogP contribution in [0.1, 0.15) is 53.6 Å². The molecule has 1 amide bonds. The topological polar surface area (TPSA) is 108 Å². The van der Waals surface area contributed by atoms with Crippen molar-refractivity contribution in [2.45, 2.75) is 44.2 Å². The summed E-state index contributed by atoms with van der Waals surface area (Å²) in [6.45, 7) is 0.813. The molecule has 2 saturated carbocycles. The van der Waals surface area contributed by atoms with Crippen molar-refractivity contribution < 1.29 is 4.79 Å². The van der Waals surface area contributed by atoms with E-state index in [1.807, 2.05) is 41.2 Å². The van der Waals surface area contributed by atoms with Crippen molar-refractivity contribution in [3.05, 3.63) is 89.1 Å². The highest BCUT2D eigenvalue weighted by Gasteiger charge is 2.43. The van der Waals surface area contributed by atoms with E-state index < -0.39 is 0 Å². The van der Waals surface area contributed by atoms with Crippen LogP contribution in [0.3, 0.4) is 0 Å². The van der Waals surface area contributed by atoms with E-state index >= 15 is 0 Å². The van der Waals surface area contributed by atoms with E-state index in [4.69, 9.17) is 16.6 Å². The Hall–Kier alpha value is -4.05. The van der Waals surface area contributed by atoms with Gasteiger partial charge in [0.15, 0.2) is 5.65 Å². The second-order valence-electron chi connectivity index (χ2n) is 9.89. The maximum absolute atomic E-state index is 12.6. The second kappa shape index (κ2) is 8.81. The molecule has 0 saturated heterocycles. The molecule has 5 aromatic rings. The molecule has 4 heterocycles. The predicted octanol–water partition coefficient (Wildman–Crippen LogP) is 3.51. The zero-order valence-electron chi connectivity index (χ0n) is 19.9. The Morgan fingerprint density at radius 3 is 2.73 bits per heavy atom. The van der Waals surface area contributed by atoms with Crippen molar-refractivity contribution in [3.63, 3.8) is 0 Å². The second-order valence-corrected chi connectivity index (χ2v) is 10.3. The molecule has 1 aromatic carbocycles. The van der Waals surface area contributed by atoms with Crippen molar-refractivity contribution in [2.24, 2.45) is 5.92 Å². The van der Waals surface area contributed by atoms with Gasteiger partial charge in [0, 0.05) is 23.3 Å². The van der Waals surface area contributed by atoms with Gasteiger partial charge in [-0.05, 0) is 60.4 Å². The number of amides is 1. The number of nitrogens with one attached hydrogen (secondary N) is 1. The quantitative estimate of drug-likeness (QED) is 0.340. The Labute approximate surface area is 217 Å². The van der Waals surface area contributed by atoms with E-state index in [1.54, 1.807) is 17.3 Å². The molecule has 0 spiro atoms. The average molecular weight is 514 g/mol. The summed E-state index contributed by atoms with van der Waals surface area (Å²) in [5, 5.41) is 20.1. The Morgan fingerprint density at radius 2 is 1.92 bits per heavy atom. The number of pyridine rings is 1. The van der Waals surface area contributed by atoms with Crippen LogP contribution in [0.4, 0.5) is 0 Å². The van der Waals surface area contributed by atoms with Gasteiger partial charge in [-0.15, -0.1) is 15.3 Å². The summed E-state index contributed by atoms with van der Waals surface area (Å²) in [6.07, 6.45) is 12.7. The smallest absolute Gasteiger partial charge is 0.224 e. The first-order valence-corrected chi connectivity index (χ1v) is 12.8. The van der Waals surface area contributed by atoms with Gasteiger partial charge in [-0.2, -0.15) is 0 Å². The van der Waals surface area contributed by atoms with Gasteiger partial charge < -0.3 is 9.72 Å². The zero-order valence-corrected chi connectivity index (χ0v) is 20.7. The SMILES string of the molecule is O=C(NCc1cn(Cc2cn3cc(C4CC4)cc(-n4cnnc4)c3n2)nn1)[C@H]1C[C@@H]1c1cccc(Cl)c1. The molecule has 37 heavy (non-hydrogen) atoms. The van der Waals surface area contributed by atoms with E-state index in [2.05, 4.69) is 42.5 Å². The van der Waals surface area contributed by atoms with Crippen LogP contribution in [0, 0.1) is 5.92 Å². The normalized spacial score (nSPS) is 18.8. The molecular formula is C26H24ClN9O. The van der Waals surface area contributed by atoms with Crippen LogP contribution in [0.5, 0.6) is 0 Å². The molecule has 4 aromatic heterocycles. The number of nitrogens with zero attached hydrogens (tertiary/aromatic N) is 8. The average Bonchev–Trinajstić information content (AvgIpc) is 3.74. The predicted molar refractivity (Wildman–Crippen MR) is 135 cm³/mol. The van der Waals surface area contributed by atoms with E-state index in [-0.39, 0.29) is 17.7 Å². The highest BCUT2D eigenvalue weighted by molar-refractivity contribution is 6.30. The van der Waals surface area contributed by atoms with Crippen LogP contribution >= 0.6 is 11.6 Å². The zero-order chi connectivity index (χ0) is 24.9. The monoisotopic (exact) mass is 513 g/mol. The van der Waals surface area contributed by atoms with Crippen LogP contribution in [0.15, 0.2) is 61.6 Å². The van der Waals surface area contributed by atoms with Gasteiger partial charge in [-0.3, -0.25) is 9.36 Å². The number of aromatic nitrogens is 8. The molecule has 7 rings (SSSR count). The summed E-state index contributed by atoms with van der Waals surface area (Å²) in [6, 6.07) is 9.91. The van der Waals surface area contributed by atoms with Crippen molar-refractivity contribution in [1.29, 1.82) is 0 Å². The lowest BCUT2D eigenvalue weighted by Crippen LogP contribution is -2.25. The van der Waals surface area contributed by atoms with Gasteiger partial charge in [-0.25, -0.2) is 9.67 Å². The molecule has 0 unspecified atom stereocenters. The minimum absolute atomic E-state index is 0.0214. The lowest BCUT2D eigenvalue weighted by Gasteiger charge is -2.07. The molecule has 186 valence electrons. The summed E-state index contributed by atoms with van der Waals surface area (Å²) in [5.74, 6) is 0.850. The van der Waals surface area contributed by atoms with Crippen LogP contribution in [-0.4, -0.2) is 45.1 Å². The van der Waals surface area contributed by atoms with E-state index in [0.29, 0.717) is 29.7 Å². The number of hydrogen-bond acceptors (Lipinski definition) is 6. The number of rotatable bonds is 8. The minimum Gasteiger partial charge on any atom is -0.350 e. The number of carbonyl (C=O) groups is 1. The Balaban J connectivity index is 1.02. The van der Waals surface area contributed by atoms with Gasteiger partial charge in [0.2, 0.25) is 5.91 Å². The maximum Gasteiger partial charge on any atom is 0.224 e. The largest absolute Gasteiger partial charge is 0.350 e. The molecule has 2 fully saturated rings. The first-order valence-electron chi connectivity index (χ1n) is 12.4. The molecule has 0 bridgehead atoms. The molecule has 1 N–H and O–H groups in total. The Morgan fingerprint density at radius 1 is 1.05 bits per heavy atom. The number of carbonyl (C=O) groups excluding carboxylic acids is 1. The number of benzene rings is 1. The number of fused-ring (bicyclic) bond motifs is 1. The van der Waals surface area contributed by atoms with E-state index in [0.717, 1.165) is 29.0 Å². The molecule has 0 radical (unpaired) electrons. The summed E-state index contributed by atoms with van der Waals surface area (Å²) in [7, 11) is 0. The van der Waals surface area contributed by atoms with Gasteiger partial charge >= 0.3 is 0 Å². The van der Waals surface area contributed by atoms with Crippen molar-refractivity contribution in [3.8, 4) is 5.69 Å². The fourth-order valence-electron chi connectivity index (χ4n) is 4.95. The van der Waals surface area contributed by atoms with Crippen molar-refractivity contribution >= 4 is 23.2 Å². The molecule has 0 aliphatic heterocycles. The van der Waals surface area contributed by atoms with Crippen LogP contribution in [0.25, 0.3) is 11.3 Å². The van der Waals surface area contributed by atoms with Crippen molar-refractivity contribution in [1.82, 2.24) is 44.5 Å². The first kappa shape index (κ1) is 22.2. The summed E-state index contributed by atoms with van der Waals surface area (Å²) >= 11 is 6.09. The summed E-state index contributed by atoms with van der Waals surface area (Å²) < 4.78 is 5.71. The van der Waals surface area contributed by atoms with Crippen LogP contribution in [-0.2, 0) is 17.9 Å². The van der Waals surface area contributed by atoms with E-state index in [1.165, 1.54) is 18.4 Å². The molecular weight excluding hydrogens is 490 g/mol. The summed E-state index contributed by atoms with van der Waals surface area (Å²) in [4.78, 5) is 17.5. The minimum atomic E-state index is -0.0214. The summed E-state index contributed by atoms with van der Waals surface area (Å²) in [5.41, 5.74) is 5.78. The highest BCUT2D eigenvalue weighted by Crippen LogP contribution is 2.48. The molecule has 2 atom stereocenters. The lowest BCUT2D eigenvalue weighted by molar-refractivity contribution is -0.122. The number of imidazole rings is 1. The third-order valence-electron chi connectivity index (χ3n) is 7.11.